The van der Waals surface area contributed by atoms with Crippen LogP contribution in [0.25, 0.3) is 28.2 Å². The predicted octanol–water partition coefficient (Wildman–Crippen LogP) is 5.52. The first-order valence-corrected chi connectivity index (χ1v) is 10.9. The van der Waals surface area contributed by atoms with Crippen molar-refractivity contribution in [3.05, 3.63) is 113 Å². The summed E-state index contributed by atoms with van der Waals surface area (Å²) in [4.78, 5) is 19.6. The summed E-state index contributed by atoms with van der Waals surface area (Å²) in [6.07, 6.45) is 5.33. The molecule has 9 heteroatoms. The maximum Gasteiger partial charge on any atom is 0.269 e. The highest BCUT2D eigenvalue weighted by molar-refractivity contribution is 5.80. The number of aromatic nitrogens is 4. The zero-order chi connectivity index (χ0) is 24.2. The number of imidazole rings is 1. The number of hydrogen-bond acceptors (Lipinski definition) is 7. The van der Waals surface area contributed by atoms with Crippen molar-refractivity contribution in [3.8, 4) is 28.2 Å². The van der Waals surface area contributed by atoms with Crippen molar-refractivity contribution >= 4 is 5.69 Å². The van der Waals surface area contributed by atoms with Gasteiger partial charge < -0.3 is 13.8 Å². The Kier molecular flexibility index (Phi) is 6.15. The van der Waals surface area contributed by atoms with E-state index < -0.39 is 4.92 Å². The van der Waals surface area contributed by atoms with Gasteiger partial charge in [0.15, 0.2) is 0 Å². The van der Waals surface area contributed by atoms with Gasteiger partial charge in [0.05, 0.1) is 22.8 Å². The molecule has 0 atom stereocenters. The van der Waals surface area contributed by atoms with Crippen molar-refractivity contribution in [2.45, 2.75) is 20.1 Å². The summed E-state index contributed by atoms with van der Waals surface area (Å²) < 4.78 is 13.3. The molecule has 2 aromatic carbocycles. The summed E-state index contributed by atoms with van der Waals surface area (Å²) in [5, 5.41) is 15.4. The number of rotatable bonds is 8. The highest BCUT2D eigenvalue weighted by atomic mass is 16.6. The van der Waals surface area contributed by atoms with Crippen LogP contribution >= 0.6 is 0 Å². The molecule has 3 heterocycles. The molecule has 5 rings (SSSR count). The topological polar surface area (TPSA) is 109 Å². The van der Waals surface area contributed by atoms with E-state index >= 15 is 0 Å². The largest absolute Gasteiger partial charge is 0.369 e. The molecule has 0 bridgehead atoms. The van der Waals surface area contributed by atoms with Gasteiger partial charge in [-0.25, -0.2) is 4.98 Å². The lowest BCUT2D eigenvalue weighted by atomic mass is 10.0. The maximum absolute atomic E-state index is 11.1. The fraction of sp³-hybridized carbons (Fsp3) is 0.115. The van der Waals surface area contributed by atoms with Gasteiger partial charge in [-0.15, -0.1) is 0 Å². The van der Waals surface area contributed by atoms with Crippen LogP contribution < -0.4 is 0 Å². The van der Waals surface area contributed by atoms with Crippen LogP contribution in [0.2, 0.25) is 0 Å². The smallest absolute Gasteiger partial charge is 0.269 e. The molecule has 0 saturated heterocycles. The number of nitrogens with zero attached hydrogens (tertiary/aromatic N) is 5. The van der Waals surface area contributed by atoms with Crippen molar-refractivity contribution in [2.75, 3.05) is 0 Å². The van der Waals surface area contributed by atoms with Gasteiger partial charge in [-0.3, -0.25) is 15.1 Å². The van der Waals surface area contributed by atoms with E-state index in [1.807, 2.05) is 60.2 Å². The van der Waals surface area contributed by atoms with Gasteiger partial charge in [-0.1, -0.05) is 41.6 Å². The summed E-state index contributed by atoms with van der Waals surface area (Å²) in [5.74, 6) is 1.28. The van der Waals surface area contributed by atoms with Gasteiger partial charge in [0, 0.05) is 42.0 Å². The number of benzene rings is 2. The van der Waals surface area contributed by atoms with Gasteiger partial charge >= 0.3 is 0 Å². The molecule has 5 aromatic rings. The van der Waals surface area contributed by atoms with Crippen LogP contribution in [0, 0.1) is 17.0 Å². The Hall–Kier alpha value is -4.63. The van der Waals surface area contributed by atoms with E-state index in [1.165, 1.54) is 12.1 Å². The minimum Gasteiger partial charge on any atom is -0.369 e. The molecule has 0 N–H and O–H groups in total. The second-order valence-electron chi connectivity index (χ2n) is 7.87. The first-order chi connectivity index (χ1) is 17.1. The molecule has 0 aliphatic rings. The Morgan fingerprint density at radius 2 is 1.83 bits per heavy atom. The lowest BCUT2D eigenvalue weighted by molar-refractivity contribution is -0.384. The molecule has 174 valence electrons. The second-order valence-corrected chi connectivity index (χ2v) is 7.87. The fourth-order valence-electron chi connectivity index (χ4n) is 3.81. The van der Waals surface area contributed by atoms with Gasteiger partial charge in [0.25, 0.3) is 5.69 Å². The third-order valence-corrected chi connectivity index (χ3v) is 5.51. The zero-order valence-electron chi connectivity index (χ0n) is 18.9. The summed E-state index contributed by atoms with van der Waals surface area (Å²) in [7, 11) is 0. The Bertz CT molecular complexity index is 1440. The number of hydrogen-bond donors (Lipinski definition) is 0. The van der Waals surface area contributed by atoms with Crippen molar-refractivity contribution in [1.29, 1.82) is 0 Å². The molecule has 3 aromatic heterocycles. The minimum atomic E-state index is -0.423. The Balaban J connectivity index is 1.53. The monoisotopic (exact) mass is 467 g/mol. The van der Waals surface area contributed by atoms with Crippen LogP contribution in [0.15, 0.2) is 89.8 Å². The van der Waals surface area contributed by atoms with Crippen molar-refractivity contribution < 1.29 is 14.2 Å². The number of nitro groups is 1. The van der Waals surface area contributed by atoms with Crippen LogP contribution in [0.3, 0.4) is 0 Å². The van der Waals surface area contributed by atoms with E-state index in [2.05, 4.69) is 10.1 Å². The number of ether oxygens (including phenoxy) is 1. The number of non-ortho nitro benzene ring substituents is 1. The molecule has 0 unspecified atom stereocenters. The molecule has 9 nitrogen and oxygen atoms in total. The standard InChI is InChI=1S/C26H21N5O4/c1-18-25(26(29-35-18)20-7-3-2-4-8-20)23-15-30(21-9-11-22(12-10-21)31(32)33)24(28-23)17-34-16-19-6-5-13-27-14-19/h2-15H,16-17H2,1H3. The highest BCUT2D eigenvalue weighted by Gasteiger charge is 2.21. The normalized spacial score (nSPS) is 11.0. The predicted molar refractivity (Wildman–Crippen MR) is 129 cm³/mol. The van der Waals surface area contributed by atoms with E-state index in [0.29, 0.717) is 29.6 Å². The number of nitro benzene ring substituents is 1. The zero-order valence-corrected chi connectivity index (χ0v) is 18.9. The highest BCUT2D eigenvalue weighted by Crippen LogP contribution is 2.34. The molecule has 0 aliphatic heterocycles. The molecule has 0 fully saturated rings. The first-order valence-electron chi connectivity index (χ1n) is 10.9. The molecule has 0 radical (unpaired) electrons. The van der Waals surface area contributed by atoms with E-state index in [-0.39, 0.29) is 12.3 Å². The molecule has 0 saturated carbocycles. The Morgan fingerprint density at radius 3 is 2.54 bits per heavy atom. The van der Waals surface area contributed by atoms with Crippen molar-refractivity contribution in [1.82, 2.24) is 19.7 Å². The molecule has 0 amide bonds. The average molecular weight is 467 g/mol. The minimum absolute atomic E-state index is 0.0182. The SMILES string of the molecule is Cc1onc(-c2ccccc2)c1-c1cn(-c2ccc([N+](=O)[O-])cc2)c(COCc2cccnc2)n1. The molecule has 0 aliphatic carbocycles. The van der Waals surface area contributed by atoms with Crippen LogP contribution in [0.5, 0.6) is 0 Å². The second kappa shape index (κ2) is 9.70. The quantitative estimate of drug-likeness (QED) is 0.218. The third-order valence-electron chi connectivity index (χ3n) is 5.51. The van der Waals surface area contributed by atoms with E-state index in [0.717, 1.165) is 22.4 Å². The van der Waals surface area contributed by atoms with Crippen LogP contribution in [-0.2, 0) is 18.0 Å². The summed E-state index contributed by atoms with van der Waals surface area (Å²) in [5.41, 5.74) is 4.75. The van der Waals surface area contributed by atoms with Gasteiger partial charge in [0.1, 0.15) is 23.9 Å². The lowest BCUT2D eigenvalue weighted by Gasteiger charge is -2.08. The van der Waals surface area contributed by atoms with Crippen LogP contribution in [0.4, 0.5) is 5.69 Å². The average Bonchev–Trinajstić information content (AvgIpc) is 3.48. The first kappa shape index (κ1) is 22.2. The summed E-state index contributed by atoms with van der Waals surface area (Å²) in [6, 6.07) is 19.9. The molecule has 35 heavy (non-hydrogen) atoms. The Labute approximate surface area is 200 Å². The molecular weight excluding hydrogens is 446 g/mol. The number of pyridine rings is 1. The third kappa shape index (κ3) is 4.71. The van der Waals surface area contributed by atoms with Gasteiger partial charge in [-0.2, -0.15) is 0 Å². The summed E-state index contributed by atoms with van der Waals surface area (Å²) in [6.45, 7) is 2.44. The lowest BCUT2D eigenvalue weighted by Crippen LogP contribution is -2.03. The summed E-state index contributed by atoms with van der Waals surface area (Å²) >= 11 is 0. The van der Waals surface area contributed by atoms with Crippen molar-refractivity contribution in [3.63, 3.8) is 0 Å². The van der Waals surface area contributed by atoms with E-state index in [1.54, 1.807) is 24.5 Å². The van der Waals surface area contributed by atoms with E-state index in [4.69, 9.17) is 14.2 Å². The molecular formula is C26H21N5O4. The Morgan fingerprint density at radius 1 is 1.03 bits per heavy atom. The van der Waals surface area contributed by atoms with Crippen LogP contribution in [-0.4, -0.2) is 24.6 Å². The van der Waals surface area contributed by atoms with E-state index in [9.17, 15) is 10.1 Å². The molecule has 0 spiro atoms. The van der Waals surface area contributed by atoms with Crippen LogP contribution in [0.1, 0.15) is 17.1 Å². The maximum atomic E-state index is 11.1. The fourth-order valence-corrected chi connectivity index (χ4v) is 3.81. The van der Waals surface area contributed by atoms with Gasteiger partial charge in [-0.05, 0) is 30.7 Å². The van der Waals surface area contributed by atoms with Gasteiger partial charge in [0.2, 0.25) is 0 Å². The van der Waals surface area contributed by atoms with Crippen molar-refractivity contribution in [2.24, 2.45) is 0 Å². The number of aryl methyl sites for hydroxylation is 1.